The molecular weight excluding hydrogens is 226 g/mol. The third-order valence-corrected chi connectivity index (χ3v) is 4.31. The Morgan fingerprint density at radius 3 is 2.89 bits per heavy atom. The van der Waals surface area contributed by atoms with Gasteiger partial charge in [0.05, 0.1) is 12.4 Å². The van der Waals surface area contributed by atoms with Crippen molar-refractivity contribution in [1.82, 2.24) is 9.97 Å². The summed E-state index contributed by atoms with van der Waals surface area (Å²) in [5.41, 5.74) is 2.58. The Hall–Kier alpha value is -1.36. The Labute approximate surface area is 108 Å². The average molecular weight is 247 g/mol. The van der Waals surface area contributed by atoms with E-state index in [1.54, 1.807) is 6.20 Å². The SMILES string of the molecule is NNc1cncc(N2CCCC3CCCCC32)n1. The second-order valence-electron chi connectivity index (χ2n) is 5.35. The van der Waals surface area contributed by atoms with Crippen LogP contribution in [0.1, 0.15) is 38.5 Å². The molecule has 1 aromatic rings. The lowest BCUT2D eigenvalue weighted by Gasteiger charge is -2.44. The van der Waals surface area contributed by atoms with Gasteiger partial charge in [-0.3, -0.25) is 4.98 Å². The highest BCUT2D eigenvalue weighted by Crippen LogP contribution is 2.37. The highest BCUT2D eigenvalue weighted by Gasteiger charge is 2.33. The third kappa shape index (κ3) is 2.14. The molecule has 5 nitrogen and oxygen atoms in total. The van der Waals surface area contributed by atoms with Crippen molar-refractivity contribution in [2.75, 3.05) is 16.9 Å². The zero-order valence-electron chi connectivity index (χ0n) is 10.7. The van der Waals surface area contributed by atoms with Crippen LogP contribution in [0.25, 0.3) is 0 Å². The second-order valence-corrected chi connectivity index (χ2v) is 5.35. The molecule has 0 radical (unpaired) electrons. The molecule has 3 N–H and O–H groups in total. The molecule has 0 bridgehead atoms. The summed E-state index contributed by atoms with van der Waals surface area (Å²) in [4.78, 5) is 11.2. The number of anilines is 2. The van der Waals surface area contributed by atoms with Gasteiger partial charge in [0.25, 0.3) is 0 Å². The van der Waals surface area contributed by atoms with Crippen LogP contribution in [0.15, 0.2) is 12.4 Å². The average Bonchev–Trinajstić information content (AvgIpc) is 2.47. The molecule has 5 heteroatoms. The van der Waals surface area contributed by atoms with E-state index in [-0.39, 0.29) is 0 Å². The predicted octanol–water partition coefficient (Wildman–Crippen LogP) is 1.92. The molecule has 1 saturated heterocycles. The number of fused-ring (bicyclic) bond motifs is 1. The molecule has 98 valence electrons. The van der Waals surface area contributed by atoms with Crippen molar-refractivity contribution in [3.05, 3.63) is 12.4 Å². The minimum Gasteiger partial charge on any atom is -0.352 e. The van der Waals surface area contributed by atoms with E-state index in [1.807, 2.05) is 6.20 Å². The lowest BCUT2D eigenvalue weighted by Crippen LogP contribution is -2.47. The summed E-state index contributed by atoms with van der Waals surface area (Å²) in [5, 5.41) is 0. The maximum Gasteiger partial charge on any atom is 0.160 e. The molecular formula is C13H21N5. The first-order valence-electron chi connectivity index (χ1n) is 6.94. The normalized spacial score (nSPS) is 27.7. The molecule has 0 amide bonds. The molecule has 1 aliphatic heterocycles. The number of nitrogens with zero attached hydrogens (tertiary/aromatic N) is 3. The van der Waals surface area contributed by atoms with Crippen molar-refractivity contribution in [2.45, 2.75) is 44.6 Å². The molecule has 1 saturated carbocycles. The maximum absolute atomic E-state index is 5.41. The monoisotopic (exact) mass is 247 g/mol. The Balaban J connectivity index is 1.84. The summed E-state index contributed by atoms with van der Waals surface area (Å²) >= 11 is 0. The smallest absolute Gasteiger partial charge is 0.160 e. The summed E-state index contributed by atoms with van der Waals surface area (Å²) in [6.45, 7) is 1.10. The van der Waals surface area contributed by atoms with Gasteiger partial charge in [-0.25, -0.2) is 10.8 Å². The largest absolute Gasteiger partial charge is 0.352 e. The zero-order valence-corrected chi connectivity index (χ0v) is 10.7. The second kappa shape index (κ2) is 5.10. The fourth-order valence-electron chi connectivity index (χ4n) is 3.47. The molecule has 2 heterocycles. The zero-order chi connectivity index (χ0) is 12.4. The molecule has 18 heavy (non-hydrogen) atoms. The summed E-state index contributed by atoms with van der Waals surface area (Å²) in [6.07, 6.45) is 11.6. The van der Waals surface area contributed by atoms with Crippen molar-refractivity contribution in [3.8, 4) is 0 Å². The quantitative estimate of drug-likeness (QED) is 0.617. The number of hydrazine groups is 1. The van der Waals surface area contributed by atoms with Crippen LogP contribution >= 0.6 is 0 Å². The molecule has 1 aliphatic carbocycles. The Bertz CT molecular complexity index is 406. The highest BCUT2D eigenvalue weighted by molar-refractivity contribution is 5.44. The summed E-state index contributed by atoms with van der Waals surface area (Å²) in [5.74, 6) is 7.88. The first kappa shape index (κ1) is 11.7. The lowest BCUT2D eigenvalue weighted by molar-refractivity contribution is 0.242. The number of piperidine rings is 1. The Kier molecular flexibility index (Phi) is 3.32. The van der Waals surface area contributed by atoms with Gasteiger partial charge >= 0.3 is 0 Å². The van der Waals surface area contributed by atoms with Crippen LogP contribution in [0.5, 0.6) is 0 Å². The van der Waals surface area contributed by atoms with Crippen LogP contribution in [0.4, 0.5) is 11.6 Å². The molecule has 3 rings (SSSR count). The minimum absolute atomic E-state index is 0.644. The molecule has 2 aliphatic rings. The lowest BCUT2D eigenvalue weighted by atomic mass is 9.78. The van der Waals surface area contributed by atoms with Crippen molar-refractivity contribution in [1.29, 1.82) is 0 Å². The number of nitrogens with one attached hydrogen (secondary N) is 1. The van der Waals surface area contributed by atoms with Gasteiger partial charge in [-0.15, -0.1) is 0 Å². The summed E-state index contributed by atoms with van der Waals surface area (Å²) < 4.78 is 0. The van der Waals surface area contributed by atoms with E-state index in [0.717, 1.165) is 18.3 Å². The fraction of sp³-hybridized carbons (Fsp3) is 0.692. The molecule has 1 aromatic heterocycles. The van der Waals surface area contributed by atoms with E-state index in [4.69, 9.17) is 5.84 Å². The van der Waals surface area contributed by atoms with Crippen molar-refractivity contribution in [3.63, 3.8) is 0 Å². The molecule has 0 spiro atoms. The molecule has 2 atom stereocenters. The minimum atomic E-state index is 0.644. The number of nitrogen functional groups attached to an aromatic ring is 1. The number of hydrogen-bond donors (Lipinski definition) is 2. The van der Waals surface area contributed by atoms with Gasteiger partial charge in [-0.1, -0.05) is 12.8 Å². The van der Waals surface area contributed by atoms with Crippen LogP contribution in [-0.4, -0.2) is 22.6 Å². The van der Waals surface area contributed by atoms with Gasteiger partial charge in [-0.2, -0.15) is 0 Å². The van der Waals surface area contributed by atoms with Crippen molar-refractivity contribution in [2.24, 2.45) is 11.8 Å². The summed E-state index contributed by atoms with van der Waals surface area (Å²) in [6, 6.07) is 0.662. The van der Waals surface area contributed by atoms with E-state index in [1.165, 1.54) is 38.5 Å². The molecule has 2 fully saturated rings. The van der Waals surface area contributed by atoms with Crippen LogP contribution in [0.2, 0.25) is 0 Å². The topological polar surface area (TPSA) is 67.1 Å². The van der Waals surface area contributed by atoms with Crippen molar-refractivity contribution >= 4 is 11.6 Å². The van der Waals surface area contributed by atoms with Crippen LogP contribution in [0.3, 0.4) is 0 Å². The maximum atomic E-state index is 5.41. The van der Waals surface area contributed by atoms with E-state index in [0.29, 0.717) is 11.9 Å². The summed E-state index contributed by atoms with van der Waals surface area (Å²) in [7, 11) is 0. The van der Waals surface area contributed by atoms with Crippen molar-refractivity contribution < 1.29 is 0 Å². The standard InChI is InChI=1S/C13H21N5/c14-17-12-8-15-9-13(16-12)18-7-3-5-10-4-1-2-6-11(10)18/h8-11H,1-7,14H2,(H,16,17). The van der Waals surface area contributed by atoms with Crippen LogP contribution in [-0.2, 0) is 0 Å². The van der Waals surface area contributed by atoms with E-state index in [2.05, 4.69) is 20.3 Å². The van der Waals surface area contributed by atoms with Gasteiger partial charge < -0.3 is 10.3 Å². The van der Waals surface area contributed by atoms with Gasteiger partial charge in [0.2, 0.25) is 0 Å². The van der Waals surface area contributed by atoms with Crippen LogP contribution < -0.4 is 16.2 Å². The van der Waals surface area contributed by atoms with Gasteiger partial charge in [0, 0.05) is 12.6 Å². The van der Waals surface area contributed by atoms with Gasteiger partial charge in [0.15, 0.2) is 5.82 Å². The number of hydrogen-bond acceptors (Lipinski definition) is 5. The third-order valence-electron chi connectivity index (χ3n) is 4.31. The van der Waals surface area contributed by atoms with E-state index in [9.17, 15) is 0 Å². The number of rotatable bonds is 2. The van der Waals surface area contributed by atoms with Gasteiger partial charge in [0.1, 0.15) is 5.82 Å². The first-order valence-corrected chi connectivity index (χ1v) is 6.94. The number of nitrogens with two attached hydrogens (primary N) is 1. The Morgan fingerprint density at radius 2 is 2.00 bits per heavy atom. The van der Waals surface area contributed by atoms with Crippen LogP contribution in [0, 0.1) is 5.92 Å². The number of aromatic nitrogens is 2. The first-order chi connectivity index (χ1) is 8.88. The van der Waals surface area contributed by atoms with E-state index >= 15 is 0 Å². The van der Waals surface area contributed by atoms with E-state index < -0.39 is 0 Å². The molecule has 2 unspecified atom stereocenters. The van der Waals surface area contributed by atoms with Gasteiger partial charge in [-0.05, 0) is 31.6 Å². The fourth-order valence-corrected chi connectivity index (χ4v) is 3.47. The highest BCUT2D eigenvalue weighted by atomic mass is 15.3. The predicted molar refractivity (Wildman–Crippen MR) is 72.2 cm³/mol. The Morgan fingerprint density at radius 1 is 1.17 bits per heavy atom. The molecule has 0 aromatic carbocycles.